The van der Waals surface area contributed by atoms with E-state index < -0.39 is 22.0 Å². The van der Waals surface area contributed by atoms with E-state index in [0.717, 1.165) is 11.1 Å². The van der Waals surface area contributed by atoms with Crippen molar-refractivity contribution >= 4 is 21.6 Å². The van der Waals surface area contributed by atoms with Crippen LogP contribution in [-0.2, 0) is 21.2 Å². The second-order valence-electron chi connectivity index (χ2n) is 7.81. The standard InChI is InChI=1S/C25H28N2O4S/c1-17-14-18(2)24(19(3)15-17)32(29,30)27-23(16-20-8-6-5-7-9-20)25(28)26-21-10-12-22(31-4)13-11-21/h5-15,23,27H,16H2,1-4H3,(H,26,28)/t23-/m1/s1. The highest BCUT2D eigenvalue weighted by atomic mass is 32.2. The number of aryl methyl sites for hydroxylation is 3. The van der Waals surface area contributed by atoms with Gasteiger partial charge in [0.2, 0.25) is 15.9 Å². The number of carbonyl (C=O) groups is 1. The number of benzene rings is 3. The molecule has 7 heteroatoms. The highest BCUT2D eigenvalue weighted by molar-refractivity contribution is 7.89. The molecule has 168 valence electrons. The number of hydrogen-bond donors (Lipinski definition) is 2. The Kier molecular flexibility index (Phi) is 7.33. The van der Waals surface area contributed by atoms with Gasteiger partial charge in [0.15, 0.2) is 0 Å². The lowest BCUT2D eigenvalue weighted by Gasteiger charge is -2.21. The van der Waals surface area contributed by atoms with Crippen molar-refractivity contribution < 1.29 is 17.9 Å². The predicted molar refractivity (Wildman–Crippen MR) is 127 cm³/mol. The van der Waals surface area contributed by atoms with Crippen LogP contribution < -0.4 is 14.8 Å². The van der Waals surface area contributed by atoms with Gasteiger partial charge >= 0.3 is 0 Å². The van der Waals surface area contributed by atoms with E-state index in [4.69, 9.17) is 4.74 Å². The fourth-order valence-electron chi connectivity index (χ4n) is 3.78. The van der Waals surface area contributed by atoms with Gasteiger partial charge in [0, 0.05) is 5.69 Å². The van der Waals surface area contributed by atoms with Gasteiger partial charge in [-0.2, -0.15) is 4.72 Å². The van der Waals surface area contributed by atoms with E-state index in [1.807, 2.05) is 49.4 Å². The number of methoxy groups -OCH3 is 1. The maximum absolute atomic E-state index is 13.3. The smallest absolute Gasteiger partial charge is 0.242 e. The fourth-order valence-corrected chi connectivity index (χ4v) is 5.43. The molecule has 32 heavy (non-hydrogen) atoms. The van der Waals surface area contributed by atoms with E-state index >= 15 is 0 Å². The molecule has 0 aliphatic rings. The van der Waals surface area contributed by atoms with E-state index in [2.05, 4.69) is 10.0 Å². The summed E-state index contributed by atoms with van der Waals surface area (Å²) < 4.78 is 34.4. The van der Waals surface area contributed by atoms with Gasteiger partial charge < -0.3 is 10.1 Å². The van der Waals surface area contributed by atoms with Gasteiger partial charge in [0.25, 0.3) is 0 Å². The average molecular weight is 453 g/mol. The molecule has 3 aromatic carbocycles. The number of carbonyl (C=O) groups excluding carboxylic acids is 1. The van der Waals surface area contributed by atoms with E-state index in [-0.39, 0.29) is 11.3 Å². The molecule has 0 unspecified atom stereocenters. The number of ether oxygens (including phenoxy) is 1. The first-order valence-corrected chi connectivity index (χ1v) is 11.8. The minimum Gasteiger partial charge on any atom is -0.497 e. The third-order valence-electron chi connectivity index (χ3n) is 5.13. The van der Waals surface area contributed by atoms with E-state index in [9.17, 15) is 13.2 Å². The molecular formula is C25H28N2O4S. The first-order chi connectivity index (χ1) is 15.2. The summed E-state index contributed by atoms with van der Waals surface area (Å²) in [6.45, 7) is 5.45. The van der Waals surface area contributed by atoms with Crippen LogP contribution in [-0.4, -0.2) is 27.5 Å². The Morgan fingerprint density at radius 3 is 2.09 bits per heavy atom. The lowest BCUT2D eigenvalue weighted by molar-refractivity contribution is -0.117. The molecule has 2 N–H and O–H groups in total. The van der Waals surface area contributed by atoms with E-state index in [0.29, 0.717) is 22.6 Å². The van der Waals surface area contributed by atoms with Crippen LogP contribution in [0.25, 0.3) is 0 Å². The lowest BCUT2D eigenvalue weighted by atomic mass is 10.1. The summed E-state index contributed by atoms with van der Waals surface area (Å²) >= 11 is 0. The van der Waals surface area contributed by atoms with Gasteiger partial charge in [0.05, 0.1) is 12.0 Å². The Labute approximate surface area is 189 Å². The zero-order valence-corrected chi connectivity index (χ0v) is 19.5. The zero-order chi connectivity index (χ0) is 23.3. The third-order valence-corrected chi connectivity index (χ3v) is 6.90. The van der Waals surface area contributed by atoms with Crippen molar-refractivity contribution in [2.75, 3.05) is 12.4 Å². The van der Waals surface area contributed by atoms with Crippen molar-refractivity contribution in [2.24, 2.45) is 0 Å². The molecule has 1 atom stereocenters. The van der Waals surface area contributed by atoms with Gasteiger partial charge in [-0.1, -0.05) is 48.0 Å². The number of anilines is 1. The molecule has 0 saturated carbocycles. The molecule has 0 fully saturated rings. The topological polar surface area (TPSA) is 84.5 Å². The number of rotatable bonds is 8. The first-order valence-electron chi connectivity index (χ1n) is 10.3. The van der Waals surface area contributed by atoms with Crippen molar-refractivity contribution in [1.82, 2.24) is 4.72 Å². The van der Waals surface area contributed by atoms with Crippen LogP contribution in [0.5, 0.6) is 5.75 Å². The maximum Gasteiger partial charge on any atom is 0.242 e. The number of sulfonamides is 1. The average Bonchev–Trinajstić information content (AvgIpc) is 2.73. The summed E-state index contributed by atoms with van der Waals surface area (Å²) in [5, 5.41) is 2.80. The van der Waals surface area contributed by atoms with Gasteiger partial charge in [-0.25, -0.2) is 8.42 Å². The molecule has 3 aromatic rings. The summed E-state index contributed by atoms with van der Waals surface area (Å²) in [6, 6.07) is 18.8. The lowest BCUT2D eigenvalue weighted by Crippen LogP contribution is -2.45. The van der Waals surface area contributed by atoms with Crippen LogP contribution >= 0.6 is 0 Å². The molecule has 0 aliphatic carbocycles. The van der Waals surface area contributed by atoms with Crippen molar-refractivity contribution in [3.63, 3.8) is 0 Å². The molecule has 1 amide bonds. The van der Waals surface area contributed by atoms with Crippen LogP contribution in [0.1, 0.15) is 22.3 Å². The van der Waals surface area contributed by atoms with Crippen molar-refractivity contribution in [2.45, 2.75) is 38.1 Å². The molecule has 6 nitrogen and oxygen atoms in total. The highest BCUT2D eigenvalue weighted by Crippen LogP contribution is 2.23. The Morgan fingerprint density at radius 1 is 0.938 bits per heavy atom. The summed E-state index contributed by atoms with van der Waals surface area (Å²) in [5.74, 6) is 0.222. The van der Waals surface area contributed by atoms with Gasteiger partial charge in [0.1, 0.15) is 11.8 Å². The minimum absolute atomic E-state index is 0.207. The van der Waals surface area contributed by atoms with Crippen LogP contribution in [0.2, 0.25) is 0 Å². The molecule has 0 spiro atoms. The molecule has 0 radical (unpaired) electrons. The Balaban J connectivity index is 1.90. The molecule has 0 saturated heterocycles. The largest absolute Gasteiger partial charge is 0.497 e. The first kappa shape index (κ1) is 23.5. The SMILES string of the molecule is COc1ccc(NC(=O)[C@@H](Cc2ccccc2)NS(=O)(=O)c2c(C)cc(C)cc2C)cc1. The van der Waals surface area contributed by atoms with Crippen LogP contribution in [0, 0.1) is 20.8 Å². The van der Waals surface area contributed by atoms with Crippen LogP contribution in [0.15, 0.2) is 71.6 Å². The summed E-state index contributed by atoms with van der Waals surface area (Å²) in [6.07, 6.45) is 0.214. The molecule has 0 bridgehead atoms. The van der Waals surface area contributed by atoms with Gasteiger partial charge in [-0.05, 0) is 68.1 Å². The number of nitrogens with one attached hydrogen (secondary N) is 2. The molecule has 0 aliphatic heterocycles. The van der Waals surface area contributed by atoms with Crippen molar-refractivity contribution in [1.29, 1.82) is 0 Å². The Bertz CT molecular complexity index is 1170. The van der Waals surface area contributed by atoms with E-state index in [1.54, 1.807) is 45.2 Å². The molecule has 0 aromatic heterocycles. The maximum atomic E-state index is 13.3. The van der Waals surface area contributed by atoms with Crippen molar-refractivity contribution in [3.05, 3.63) is 89.0 Å². The second kappa shape index (κ2) is 9.97. The van der Waals surface area contributed by atoms with Gasteiger partial charge in [-0.3, -0.25) is 4.79 Å². The monoisotopic (exact) mass is 452 g/mol. The normalized spacial score (nSPS) is 12.2. The summed E-state index contributed by atoms with van der Waals surface area (Å²) in [7, 11) is -2.37. The Hall–Kier alpha value is -3.16. The Morgan fingerprint density at radius 2 is 1.53 bits per heavy atom. The summed E-state index contributed by atoms with van der Waals surface area (Å²) in [4.78, 5) is 13.3. The second-order valence-corrected chi connectivity index (χ2v) is 9.46. The quantitative estimate of drug-likeness (QED) is 0.538. The molecular weight excluding hydrogens is 424 g/mol. The summed E-state index contributed by atoms with van der Waals surface area (Å²) in [5.41, 5.74) is 3.67. The van der Waals surface area contributed by atoms with Crippen LogP contribution in [0.3, 0.4) is 0 Å². The fraction of sp³-hybridized carbons (Fsp3) is 0.240. The zero-order valence-electron chi connectivity index (χ0n) is 18.7. The van der Waals surface area contributed by atoms with Gasteiger partial charge in [-0.15, -0.1) is 0 Å². The van der Waals surface area contributed by atoms with E-state index in [1.165, 1.54) is 0 Å². The minimum atomic E-state index is -3.94. The molecule has 3 rings (SSSR count). The predicted octanol–water partition coefficient (Wildman–Crippen LogP) is 4.15. The third kappa shape index (κ3) is 5.75. The van der Waals surface area contributed by atoms with Crippen molar-refractivity contribution in [3.8, 4) is 5.75 Å². The van der Waals surface area contributed by atoms with Crippen LogP contribution in [0.4, 0.5) is 5.69 Å². The highest BCUT2D eigenvalue weighted by Gasteiger charge is 2.28. The number of amides is 1. The number of hydrogen-bond acceptors (Lipinski definition) is 4. The molecule has 0 heterocycles.